The summed E-state index contributed by atoms with van der Waals surface area (Å²) in [4.78, 5) is 5.22. The van der Waals surface area contributed by atoms with Crippen LogP contribution in [0.25, 0.3) is 0 Å². The molecule has 0 fully saturated rings. The predicted molar refractivity (Wildman–Crippen MR) is 124 cm³/mol. The van der Waals surface area contributed by atoms with Crippen LogP contribution in [0.5, 0.6) is 5.75 Å². The largest absolute Gasteiger partial charge is 0.484 e. The van der Waals surface area contributed by atoms with E-state index in [1.165, 1.54) is 12.1 Å². The van der Waals surface area contributed by atoms with Gasteiger partial charge < -0.3 is 15.4 Å². The summed E-state index contributed by atoms with van der Waals surface area (Å²) < 4.78 is 53.5. The summed E-state index contributed by atoms with van der Waals surface area (Å²) in [5, 5.41) is 6.24. The maximum Gasteiger partial charge on any atom is 0.422 e. The first-order valence-electron chi connectivity index (χ1n) is 9.11. The van der Waals surface area contributed by atoms with Crippen molar-refractivity contribution in [1.82, 2.24) is 10.6 Å². The van der Waals surface area contributed by atoms with Crippen LogP contribution in [0, 0.1) is 0 Å². The number of halogens is 4. The third-order valence-electron chi connectivity index (χ3n) is 3.68. The van der Waals surface area contributed by atoms with E-state index in [4.69, 9.17) is 0 Å². The Morgan fingerprint density at radius 3 is 2.33 bits per heavy atom. The topological polar surface area (TPSA) is 62.7 Å². The van der Waals surface area contributed by atoms with Crippen molar-refractivity contribution in [3.05, 3.63) is 60.2 Å². The van der Waals surface area contributed by atoms with Gasteiger partial charge in [-0.2, -0.15) is 13.2 Å². The molecule has 166 valence electrons. The average molecular weight is 555 g/mol. The van der Waals surface area contributed by atoms with Crippen LogP contribution in [0.15, 0.2) is 64.5 Å². The second-order valence-corrected chi connectivity index (χ2v) is 7.60. The average Bonchev–Trinajstić information content (AvgIpc) is 2.71. The molecule has 0 bridgehead atoms. The molecule has 0 saturated heterocycles. The Hall–Kier alpha value is -1.82. The molecule has 10 heteroatoms. The van der Waals surface area contributed by atoms with Gasteiger partial charge in [0.1, 0.15) is 5.75 Å². The normalized spacial score (nSPS) is 12.6. The van der Waals surface area contributed by atoms with E-state index in [9.17, 15) is 17.4 Å². The SMILES string of the molecule is CCNC(=NCc1ccc(OCC(F)(F)F)cc1)NCCS(=O)c1ccccc1.I. The zero-order valence-electron chi connectivity index (χ0n) is 16.4. The van der Waals surface area contributed by atoms with Crippen LogP contribution >= 0.6 is 24.0 Å². The summed E-state index contributed by atoms with van der Waals surface area (Å²) in [6.07, 6.45) is -4.36. The number of guanidine groups is 1. The minimum absolute atomic E-state index is 0. The predicted octanol–water partition coefficient (Wildman–Crippen LogP) is 4.11. The maximum absolute atomic E-state index is 12.2. The number of hydrogen-bond acceptors (Lipinski definition) is 3. The highest BCUT2D eigenvalue weighted by Crippen LogP contribution is 2.19. The summed E-state index contributed by atoms with van der Waals surface area (Å²) in [6.45, 7) is 2.11. The van der Waals surface area contributed by atoms with Crippen LogP contribution in [-0.4, -0.2) is 41.8 Å². The highest BCUT2D eigenvalue weighted by molar-refractivity contribution is 14.0. The van der Waals surface area contributed by atoms with E-state index in [0.29, 0.717) is 31.3 Å². The van der Waals surface area contributed by atoms with Crippen molar-refractivity contribution in [2.24, 2.45) is 4.99 Å². The Kier molecular flexibility index (Phi) is 11.8. The van der Waals surface area contributed by atoms with Crippen LogP contribution in [-0.2, 0) is 17.3 Å². The second-order valence-electron chi connectivity index (χ2n) is 6.03. The molecule has 0 aliphatic rings. The summed E-state index contributed by atoms with van der Waals surface area (Å²) in [5.74, 6) is 1.18. The molecule has 5 nitrogen and oxygen atoms in total. The molecule has 0 aliphatic carbocycles. The standard InChI is InChI=1S/C20H24F3N3O2S.HI/c1-2-24-19(25-12-13-29(27)18-6-4-3-5-7-18)26-14-16-8-10-17(11-9-16)28-15-20(21,22)23;/h3-11H,2,12-15H2,1H3,(H2,24,25,26);1H. The highest BCUT2D eigenvalue weighted by Gasteiger charge is 2.28. The zero-order valence-corrected chi connectivity index (χ0v) is 19.6. The Balaban J connectivity index is 0.00000450. The summed E-state index contributed by atoms with van der Waals surface area (Å²) in [5.41, 5.74) is 0.828. The van der Waals surface area contributed by atoms with Crippen LogP contribution in [0.3, 0.4) is 0 Å². The lowest BCUT2D eigenvalue weighted by Gasteiger charge is -2.12. The molecule has 30 heavy (non-hydrogen) atoms. The van der Waals surface area contributed by atoms with E-state index in [2.05, 4.69) is 20.4 Å². The Morgan fingerprint density at radius 2 is 1.73 bits per heavy atom. The Labute approximate surface area is 194 Å². The molecule has 0 amide bonds. The molecular weight excluding hydrogens is 530 g/mol. The van der Waals surface area contributed by atoms with Gasteiger partial charge in [0.15, 0.2) is 12.6 Å². The minimum atomic E-state index is -4.36. The smallest absolute Gasteiger partial charge is 0.422 e. The number of alkyl halides is 3. The molecule has 1 atom stereocenters. The van der Waals surface area contributed by atoms with Crippen LogP contribution in [0.4, 0.5) is 13.2 Å². The van der Waals surface area contributed by atoms with Crippen molar-refractivity contribution in [2.75, 3.05) is 25.4 Å². The quantitative estimate of drug-likeness (QED) is 0.278. The molecule has 2 aromatic rings. The van der Waals surface area contributed by atoms with Gasteiger partial charge in [-0.1, -0.05) is 30.3 Å². The molecule has 0 spiro atoms. The molecule has 0 saturated carbocycles. The maximum atomic E-state index is 12.2. The first-order chi connectivity index (χ1) is 13.9. The number of rotatable bonds is 9. The summed E-state index contributed by atoms with van der Waals surface area (Å²) in [6, 6.07) is 15.6. The number of benzene rings is 2. The lowest BCUT2D eigenvalue weighted by Crippen LogP contribution is -2.39. The van der Waals surface area contributed by atoms with Gasteiger partial charge in [0, 0.05) is 23.7 Å². The van der Waals surface area contributed by atoms with Crippen LogP contribution in [0.1, 0.15) is 12.5 Å². The van der Waals surface area contributed by atoms with Crippen molar-refractivity contribution in [1.29, 1.82) is 0 Å². The fraction of sp³-hybridized carbons (Fsp3) is 0.350. The molecule has 2 N–H and O–H groups in total. The van der Waals surface area contributed by atoms with E-state index >= 15 is 0 Å². The fourth-order valence-corrected chi connectivity index (χ4v) is 3.30. The van der Waals surface area contributed by atoms with Gasteiger partial charge in [0.2, 0.25) is 0 Å². The van der Waals surface area contributed by atoms with Gasteiger partial charge in [-0.05, 0) is 36.8 Å². The van der Waals surface area contributed by atoms with Crippen molar-refractivity contribution in [2.45, 2.75) is 24.5 Å². The van der Waals surface area contributed by atoms with Crippen LogP contribution in [0.2, 0.25) is 0 Å². The van der Waals surface area contributed by atoms with Crippen molar-refractivity contribution >= 4 is 40.7 Å². The molecule has 1 unspecified atom stereocenters. The first kappa shape index (κ1) is 26.2. The van der Waals surface area contributed by atoms with E-state index < -0.39 is 23.6 Å². The summed E-state index contributed by atoms with van der Waals surface area (Å²) >= 11 is 0. The van der Waals surface area contributed by atoms with Crippen molar-refractivity contribution < 1.29 is 22.1 Å². The van der Waals surface area contributed by atoms with E-state index in [1.54, 1.807) is 12.1 Å². The molecule has 0 aliphatic heterocycles. The lowest BCUT2D eigenvalue weighted by atomic mass is 10.2. The van der Waals surface area contributed by atoms with Gasteiger partial charge in [0.05, 0.1) is 17.3 Å². The fourth-order valence-electron chi connectivity index (χ4n) is 2.32. The Bertz CT molecular complexity index is 803. The van der Waals surface area contributed by atoms with E-state index in [1.807, 2.05) is 37.3 Å². The summed E-state index contributed by atoms with van der Waals surface area (Å²) in [7, 11) is -1.09. The van der Waals surface area contributed by atoms with Crippen LogP contribution < -0.4 is 15.4 Å². The van der Waals surface area contributed by atoms with E-state index in [-0.39, 0.29) is 29.7 Å². The number of nitrogens with one attached hydrogen (secondary N) is 2. The minimum Gasteiger partial charge on any atom is -0.484 e. The lowest BCUT2D eigenvalue weighted by molar-refractivity contribution is -0.153. The van der Waals surface area contributed by atoms with Crippen molar-refractivity contribution in [3.63, 3.8) is 0 Å². The molecular formula is C20H25F3IN3O2S. The van der Waals surface area contributed by atoms with Gasteiger partial charge in [-0.25, -0.2) is 4.99 Å². The zero-order chi connectivity index (χ0) is 21.1. The number of nitrogens with zero attached hydrogens (tertiary/aromatic N) is 1. The number of aliphatic imine (C=N–C) groups is 1. The van der Waals surface area contributed by atoms with Gasteiger partial charge in [0.25, 0.3) is 0 Å². The van der Waals surface area contributed by atoms with Gasteiger partial charge in [-0.3, -0.25) is 4.21 Å². The van der Waals surface area contributed by atoms with Gasteiger partial charge >= 0.3 is 6.18 Å². The molecule has 2 rings (SSSR count). The Morgan fingerprint density at radius 1 is 1.07 bits per heavy atom. The van der Waals surface area contributed by atoms with E-state index in [0.717, 1.165) is 10.5 Å². The van der Waals surface area contributed by atoms with Crippen molar-refractivity contribution in [3.8, 4) is 5.75 Å². The third kappa shape index (κ3) is 10.3. The molecule has 0 radical (unpaired) electrons. The third-order valence-corrected chi connectivity index (χ3v) is 5.05. The number of ether oxygens (including phenoxy) is 1. The monoisotopic (exact) mass is 555 g/mol. The highest BCUT2D eigenvalue weighted by atomic mass is 127. The van der Waals surface area contributed by atoms with Gasteiger partial charge in [-0.15, -0.1) is 24.0 Å². The first-order valence-corrected chi connectivity index (χ1v) is 10.4. The molecule has 0 aromatic heterocycles. The number of hydrogen-bond donors (Lipinski definition) is 2. The molecule has 0 heterocycles. The second kappa shape index (κ2) is 13.5. The molecule has 2 aromatic carbocycles.